The van der Waals surface area contributed by atoms with Gasteiger partial charge in [0.25, 0.3) is 0 Å². The molecule has 1 N–H and O–H groups in total. The van der Waals surface area contributed by atoms with Gasteiger partial charge in [0.15, 0.2) is 0 Å². The molecule has 3 rings (SSSR count). The van der Waals surface area contributed by atoms with Crippen LogP contribution in [0.5, 0.6) is 0 Å². The van der Waals surface area contributed by atoms with Gasteiger partial charge in [-0.2, -0.15) is 0 Å². The van der Waals surface area contributed by atoms with Gasteiger partial charge in [0.05, 0.1) is 0 Å². The van der Waals surface area contributed by atoms with Gasteiger partial charge < -0.3 is 5.32 Å². The predicted octanol–water partition coefficient (Wildman–Crippen LogP) is 3.24. The number of hydrogen-bond acceptors (Lipinski definition) is 1. The highest BCUT2D eigenvalue weighted by atomic mass is 19.1. The Morgan fingerprint density at radius 2 is 1.60 bits per heavy atom. The molecule has 2 aromatic rings. The zero-order valence-electron chi connectivity index (χ0n) is 11.3. The Balaban J connectivity index is 1.90. The fourth-order valence-electron chi connectivity index (χ4n) is 2.74. The summed E-state index contributed by atoms with van der Waals surface area (Å²) < 4.78 is 27.4. The van der Waals surface area contributed by atoms with E-state index in [0.29, 0.717) is 6.42 Å². The summed E-state index contributed by atoms with van der Waals surface area (Å²) in [5.74, 6) is -0.941. The lowest BCUT2D eigenvalue weighted by Gasteiger charge is -2.10. The van der Waals surface area contributed by atoms with Crippen molar-refractivity contribution in [2.75, 3.05) is 13.1 Å². The first-order valence-electron chi connectivity index (χ1n) is 6.98. The molecule has 0 fully saturated rings. The van der Waals surface area contributed by atoms with Crippen molar-refractivity contribution in [3.8, 4) is 0 Å². The van der Waals surface area contributed by atoms with Crippen molar-refractivity contribution in [1.82, 2.24) is 5.32 Å². The summed E-state index contributed by atoms with van der Waals surface area (Å²) in [4.78, 5) is 0. The summed E-state index contributed by atoms with van der Waals surface area (Å²) in [6, 6.07) is 10.2. The summed E-state index contributed by atoms with van der Waals surface area (Å²) in [5.41, 5.74) is 3.76. The van der Waals surface area contributed by atoms with E-state index in [2.05, 4.69) is 17.4 Å². The highest BCUT2D eigenvalue weighted by Crippen LogP contribution is 2.20. The second kappa shape index (κ2) is 5.71. The standard InChI is InChI=1S/C17H17F2N/c18-16-2-1-3-17(19)15(16)11-12-4-5-13-6-8-20-9-7-14(13)10-12/h1-5,10,20H,6-9,11H2. The lowest BCUT2D eigenvalue weighted by molar-refractivity contribution is 0.561. The van der Waals surface area contributed by atoms with Crippen LogP contribution in [-0.2, 0) is 19.3 Å². The van der Waals surface area contributed by atoms with Gasteiger partial charge >= 0.3 is 0 Å². The van der Waals surface area contributed by atoms with E-state index in [9.17, 15) is 8.78 Å². The Morgan fingerprint density at radius 1 is 0.900 bits per heavy atom. The Kier molecular flexibility index (Phi) is 3.79. The maximum Gasteiger partial charge on any atom is 0.129 e. The van der Waals surface area contributed by atoms with E-state index in [1.165, 1.54) is 29.3 Å². The van der Waals surface area contributed by atoms with E-state index < -0.39 is 11.6 Å². The lowest BCUT2D eigenvalue weighted by Crippen LogP contribution is -2.16. The molecule has 1 aliphatic rings. The maximum atomic E-state index is 13.7. The van der Waals surface area contributed by atoms with Crippen LogP contribution in [0.1, 0.15) is 22.3 Å². The molecule has 0 bridgehead atoms. The van der Waals surface area contributed by atoms with Crippen LogP contribution in [-0.4, -0.2) is 13.1 Å². The fourth-order valence-corrected chi connectivity index (χ4v) is 2.74. The molecule has 0 radical (unpaired) electrons. The van der Waals surface area contributed by atoms with Gasteiger partial charge in [-0.05, 0) is 54.8 Å². The Bertz CT molecular complexity index is 602. The van der Waals surface area contributed by atoms with Crippen molar-refractivity contribution in [3.05, 3.63) is 70.3 Å². The molecule has 1 aliphatic heterocycles. The van der Waals surface area contributed by atoms with E-state index in [-0.39, 0.29) is 5.56 Å². The molecular formula is C17H17F2N. The Morgan fingerprint density at radius 3 is 2.35 bits per heavy atom. The third-order valence-electron chi connectivity index (χ3n) is 3.86. The van der Waals surface area contributed by atoms with Crippen molar-refractivity contribution in [1.29, 1.82) is 0 Å². The SMILES string of the molecule is Fc1cccc(F)c1Cc1ccc2c(c1)CCNCC2. The quantitative estimate of drug-likeness (QED) is 0.885. The van der Waals surface area contributed by atoms with Crippen LogP contribution in [0.3, 0.4) is 0 Å². The first-order chi connectivity index (χ1) is 9.74. The third kappa shape index (κ3) is 2.73. The number of fused-ring (bicyclic) bond motifs is 1. The lowest BCUT2D eigenvalue weighted by atomic mass is 9.96. The van der Waals surface area contributed by atoms with E-state index in [4.69, 9.17) is 0 Å². The second-order valence-corrected chi connectivity index (χ2v) is 5.23. The van der Waals surface area contributed by atoms with Gasteiger partial charge in [0, 0.05) is 12.0 Å². The van der Waals surface area contributed by atoms with E-state index in [1.807, 2.05) is 6.07 Å². The number of rotatable bonds is 2. The molecule has 0 aromatic heterocycles. The average molecular weight is 273 g/mol. The average Bonchev–Trinajstić information content (AvgIpc) is 2.68. The Hall–Kier alpha value is -1.74. The Labute approximate surface area is 117 Å². The van der Waals surface area contributed by atoms with Gasteiger partial charge in [0.2, 0.25) is 0 Å². The van der Waals surface area contributed by atoms with E-state index in [0.717, 1.165) is 31.5 Å². The van der Waals surface area contributed by atoms with E-state index in [1.54, 1.807) is 0 Å². The minimum atomic E-state index is -0.471. The van der Waals surface area contributed by atoms with Gasteiger partial charge in [-0.15, -0.1) is 0 Å². The molecule has 3 heteroatoms. The van der Waals surface area contributed by atoms with Gasteiger partial charge in [-0.1, -0.05) is 24.3 Å². The third-order valence-corrected chi connectivity index (χ3v) is 3.86. The summed E-state index contributed by atoms with van der Waals surface area (Å²) in [7, 11) is 0. The topological polar surface area (TPSA) is 12.0 Å². The second-order valence-electron chi connectivity index (χ2n) is 5.23. The van der Waals surface area contributed by atoms with Crippen LogP contribution >= 0.6 is 0 Å². The molecule has 0 saturated carbocycles. The minimum Gasteiger partial charge on any atom is -0.316 e. The number of halogens is 2. The largest absolute Gasteiger partial charge is 0.316 e. The van der Waals surface area contributed by atoms with Crippen LogP contribution in [0.15, 0.2) is 36.4 Å². The molecule has 0 aliphatic carbocycles. The summed E-state index contributed by atoms with van der Waals surface area (Å²) in [6.45, 7) is 1.96. The maximum absolute atomic E-state index is 13.7. The molecular weight excluding hydrogens is 256 g/mol. The van der Waals surface area contributed by atoms with Crippen LogP contribution in [0, 0.1) is 11.6 Å². The predicted molar refractivity (Wildman–Crippen MR) is 75.9 cm³/mol. The van der Waals surface area contributed by atoms with Crippen molar-refractivity contribution in [2.24, 2.45) is 0 Å². The zero-order chi connectivity index (χ0) is 13.9. The summed E-state index contributed by atoms with van der Waals surface area (Å²) in [6.07, 6.45) is 2.30. The summed E-state index contributed by atoms with van der Waals surface area (Å²) in [5, 5.41) is 3.36. The molecule has 20 heavy (non-hydrogen) atoms. The molecule has 0 saturated heterocycles. The first-order valence-corrected chi connectivity index (χ1v) is 6.98. The van der Waals surface area contributed by atoms with Crippen LogP contribution in [0.2, 0.25) is 0 Å². The van der Waals surface area contributed by atoms with Crippen LogP contribution < -0.4 is 5.32 Å². The molecule has 104 valence electrons. The monoisotopic (exact) mass is 273 g/mol. The van der Waals surface area contributed by atoms with E-state index >= 15 is 0 Å². The number of benzene rings is 2. The number of hydrogen-bond donors (Lipinski definition) is 1. The van der Waals surface area contributed by atoms with Crippen molar-refractivity contribution < 1.29 is 8.78 Å². The van der Waals surface area contributed by atoms with Crippen LogP contribution in [0.4, 0.5) is 8.78 Å². The van der Waals surface area contributed by atoms with Gasteiger partial charge in [0.1, 0.15) is 11.6 Å². The minimum absolute atomic E-state index is 0.152. The highest BCUT2D eigenvalue weighted by molar-refractivity contribution is 5.36. The first kappa shape index (κ1) is 13.3. The molecule has 0 unspecified atom stereocenters. The van der Waals surface area contributed by atoms with Crippen molar-refractivity contribution in [2.45, 2.75) is 19.3 Å². The normalized spacial score (nSPS) is 14.7. The van der Waals surface area contributed by atoms with Crippen molar-refractivity contribution >= 4 is 0 Å². The molecule has 2 aromatic carbocycles. The highest BCUT2D eigenvalue weighted by Gasteiger charge is 2.12. The molecule has 1 heterocycles. The summed E-state index contributed by atoms with van der Waals surface area (Å²) >= 11 is 0. The number of nitrogens with one attached hydrogen (secondary N) is 1. The van der Waals surface area contributed by atoms with Gasteiger partial charge in [-0.3, -0.25) is 0 Å². The smallest absolute Gasteiger partial charge is 0.129 e. The fraction of sp³-hybridized carbons (Fsp3) is 0.294. The molecule has 0 amide bonds. The molecule has 0 atom stereocenters. The molecule has 1 nitrogen and oxygen atoms in total. The van der Waals surface area contributed by atoms with Crippen molar-refractivity contribution in [3.63, 3.8) is 0 Å². The molecule has 0 spiro atoms. The van der Waals surface area contributed by atoms with Gasteiger partial charge in [-0.25, -0.2) is 8.78 Å². The zero-order valence-corrected chi connectivity index (χ0v) is 11.3. The van der Waals surface area contributed by atoms with Crippen LogP contribution in [0.25, 0.3) is 0 Å².